The Hall–Kier alpha value is -1.39. The molecule has 1 heterocycles. The number of hydrogen-bond donors (Lipinski definition) is 1. The van der Waals surface area contributed by atoms with Crippen molar-refractivity contribution >= 4 is 11.3 Å². The molecule has 0 amide bonds. The molecule has 1 aromatic carbocycles. The lowest BCUT2D eigenvalue weighted by Gasteiger charge is -2.09. The van der Waals surface area contributed by atoms with Crippen molar-refractivity contribution in [2.45, 2.75) is 6.54 Å². The number of benzene rings is 1. The number of aromatic nitrogens is 1. The maximum absolute atomic E-state index is 11.4. The maximum Gasteiger partial charge on any atom is 0.305 e. The van der Waals surface area contributed by atoms with Gasteiger partial charge in [0.15, 0.2) is 0 Å². The Kier molecular flexibility index (Phi) is 3.22. The van der Waals surface area contributed by atoms with Gasteiger partial charge in [0.2, 0.25) is 0 Å². The highest BCUT2D eigenvalue weighted by Gasteiger charge is 2.10. The van der Waals surface area contributed by atoms with Crippen LogP contribution < -0.4 is 4.87 Å². The summed E-state index contributed by atoms with van der Waals surface area (Å²) >= 11 is 1.28. The molecule has 84 valence electrons. The van der Waals surface area contributed by atoms with Gasteiger partial charge in [-0.05, 0) is 19.7 Å². The maximum atomic E-state index is 11.4. The summed E-state index contributed by atoms with van der Waals surface area (Å²) in [6, 6.07) is 9.95. The zero-order valence-corrected chi connectivity index (χ0v) is 10.2. The van der Waals surface area contributed by atoms with E-state index in [4.69, 9.17) is 0 Å². The minimum atomic E-state index is 0.00991. The number of aromatic amines is 1. The predicted octanol–water partition coefficient (Wildman–Crippen LogP) is 2.17. The fourth-order valence-corrected chi connectivity index (χ4v) is 2.57. The third-order valence-corrected chi connectivity index (χ3v) is 3.11. The van der Waals surface area contributed by atoms with Gasteiger partial charge in [-0.3, -0.25) is 4.79 Å². The first kappa shape index (κ1) is 11.1. The Morgan fingerprint density at radius 2 is 1.94 bits per heavy atom. The van der Waals surface area contributed by atoms with Gasteiger partial charge in [-0.2, -0.15) is 0 Å². The number of nitrogens with one attached hydrogen (secondary N) is 1. The zero-order chi connectivity index (χ0) is 11.5. The van der Waals surface area contributed by atoms with Crippen molar-refractivity contribution in [3.63, 3.8) is 0 Å². The molecule has 2 aromatic rings. The van der Waals surface area contributed by atoms with Gasteiger partial charge in [0.1, 0.15) is 0 Å². The van der Waals surface area contributed by atoms with Crippen molar-refractivity contribution in [2.75, 3.05) is 14.1 Å². The van der Waals surface area contributed by atoms with Gasteiger partial charge in [-0.25, -0.2) is 0 Å². The van der Waals surface area contributed by atoms with Crippen LogP contribution in [-0.4, -0.2) is 24.0 Å². The molecule has 0 fully saturated rings. The van der Waals surface area contributed by atoms with Gasteiger partial charge < -0.3 is 9.88 Å². The first-order valence-electron chi connectivity index (χ1n) is 5.09. The average molecular weight is 234 g/mol. The second kappa shape index (κ2) is 4.63. The highest BCUT2D eigenvalue weighted by atomic mass is 32.1. The lowest BCUT2D eigenvalue weighted by atomic mass is 10.1. The summed E-state index contributed by atoms with van der Waals surface area (Å²) in [6.07, 6.45) is 0. The van der Waals surface area contributed by atoms with Crippen LogP contribution in [0.1, 0.15) is 4.88 Å². The minimum Gasteiger partial charge on any atom is -0.312 e. The molecular weight excluding hydrogens is 220 g/mol. The fourth-order valence-electron chi connectivity index (χ4n) is 1.60. The average Bonchev–Trinajstić information content (AvgIpc) is 2.60. The summed E-state index contributed by atoms with van der Waals surface area (Å²) in [6.45, 7) is 0.785. The number of rotatable bonds is 3. The van der Waals surface area contributed by atoms with Crippen LogP contribution in [0.3, 0.4) is 0 Å². The number of hydrogen-bond acceptors (Lipinski definition) is 3. The Morgan fingerprint density at radius 1 is 1.25 bits per heavy atom. The molecule has 0 unspecified atom stereocenters. The van der Waals surface area contributed by atoms with E-state index in [1.165, 1.54) is 11.3 Å². The van der Waals surface area contributed by atoms with Crippen LogP contribution in [0.2, 0.25) is 0 Å². The molecule has 0 aliphatic rings. The summed E-state index contributed by atoms with van der Waals surface area (Å²) in [5.74, 6) is 0. The Labute approximate surface area is 98.4 Å². The van der Waals surface area contributed by atoms with E-state index in [0.717, 1.165) is 22.7 Å². The van der Waals surface area contributed by atoms with Crippen molar-refractivity contribution < 1.29 is 0 Å². The van der Waals surface area contributed by atoms with Gasteiger partial charge in [0, 0.05) is 11.4 Å². The highest BCUT2D eigenvalue weighted by molar-refractivity contribution is 7.09. The molecule has 0 saturated heterocycles. The standard InChI is InChI=1S/C12H14N2OS/c1-14(2)8-10-11(13-12(15)16-10)9-6-4-3-5-7-9/h3-7H,8H2,1-2H3,(H,13,15). The molecule has 2 rings (SSSR count). The molecular formula is C12H14N2OS. The normalized spacial score (nSPS) is 10.9. The zero-order valence-electron chi connectivity index (χ0n) is 9.36. The first-order valence-corrected chi connectivity index (χ1v) is 5.90. The van der Waals surface area contributed by atoms with Gasteiger partial charge in [-0.15, -0.1) is 0 Å². The molecule has 1 aromatic heterocycles. The Balaban J connectivity index is 2.44. The van der Waals surface area contributed by atoms with Crippen LogP contribution in [0.4, 0.5) is 0 Å². The lowest BCUT2D eigenvalue weighted by Crippen LogP contribution is -2.10. The first-order chi connectivity index (χ1) is 7.66. The largest absolute Gasteiger partial charge is 0.312 e. The topological polar surface area (TPSA) is 36.1 Å². The third-order valence-electron chi connectivity index (χ3n) is 2.24. The van der Waals surface area contributed by atoms with Gasteiger partial charge >= 0.3 is 4.87 Å². The summed E-state index contributed by atoms with van der Waals surface area (Å²) in [5, 5.41) is 0. The van der Waals surface area contributed by atoms with E-state index in [9.17, 15) is 4.79 Å². The minimum absolute atomic E-state index is 0.00991. The summed E-state index contributed by atoms with van der Waals surface area (Å²) in [5.41, 5.74) is 2.02. The number of nitrogens with zero attached hydrogens (tertiary/aromatic N) is 1. The molecule has 0 aliphatic heterocycles. The predicted molar refractivity (Wildman–Crippen MR) is 67.8 cm³/mol. The van der Waals surface area contributed by atoms with E-state index in [0.29, 0.717) is 0 Å². The molecule has 0 spiro atoms. The van der Waals surface area contributed by atoms with Crippen LogP contribution in [0.25, 0.3) is 11.3 Å². The van der Waals surface area contributed by atoms with Crippen LogP contribution in [0, 0.1) is 0 Å². The smallest absolute Gasteiger partial charge is 0.305 e. The van der Waals surface area contributed by atoms with Crippen molar-refractivity contribution in [1.82, 2.24) is 9.88 Å². The van der Waals surface area contributed by atoms with E-state index in [1.54, 1.807) is 0 Å². The molecule has 4 heteroatoms. The van der Waals surface area contributed by atoms with E-state index >= 15 is 0 Å². The molecule has 0 bridgehead atoms. The molecule has 0 aliphatic carbocycles. The molecule has 0 radical (unpaired) electrons. The van der Waals surface area contributed by atoms with Gasteiger partial charge in [0.25, 0.3) is 0 Å². The summed E-state index contributed by atoms with van der Waals surface area (Å²) in [4.78, 5) is 17.5. The van der Waals surface area contributed by atoms with Crippen molar-refractivity contribution in [1.29, 1.82) is 0 Å². The van der Waals surface area contributed by atoms with Gasteiger partial charge in [0.05, 0.1) is 5.69 Å². The SMILES string of the molecule is CN(C)Cc1sc(=O)[nH]c1-c1ccccc1. The molecule has 16 heavy (non-hydrogen) atoms. The van der Waals surface area contributed by atoms with Crippen LogP contribution in [0.15, 0.2) is 35.1 Å². The molecule has 1 N–H and O–H groups in total. The van der Waals surface area contributed by atoms with E-state index in [1.807, 2.05) is 44.4 Å². The molecule has 3 nitrogen and oxygen atoms in total. The second-order valence-corrected chi connectivity index (χ2v) is 4.98. The van der Waals surface area contributed by atoms with Crippen molar-refractivity contribution in [2.24, 2.45) is 0 Å². The second-order valence-electron chi connectivity index (χ2n) is 3.92. The van der Waals surface area contributed by atoms with E-state index < -0.39 is 0 Å². The van der Waals surface area contributed by atoms with Crippen LogP contribution >= 0.6 is 11.3 Å². The van der Waals surface area contributed by atoms with Crippen molar-refractivity contribution in [3.8, 4) is 11.3 Å². The van der Waals surface area contributed by atoms with Crippen molar-refractivity contribution in [3.05, 3.63) is 44.9 Å². The quantitative estimate of drug-likeness (QED) is 0.883. The van der Waals surface area contributed by atoms with E-state index in [-0.39, 0.29) is 4.87 Å². The Morgan fingerprint density at radius 3 is 2.56 bits per heavy atom. The number of thiazole rings is 1. The fraction of sp³-hybridized carbons (Fsp3) is 0.250. The monoisotopic (exact) mass is 234 g/mol. The summed E-state index contributed by atoms with van der Waals surface area (Å²) in [7, 11) is 4.00. The number of H-pyrrole nitrogens is 1. The van der Waals surface area contributed by atoms with E-state index in [2.05, 4.69) is 9.88 Å². The van der Waals surface area contributed by atoms with Crippen LogP contribution in [0.5, 0.6) is 0 Å². The Bertz CT molecular complexity index is 513. The third kappa shape index (κ3) is 2.40. The molecule has 0 atom stereocenters. The molecule has 0 saturated carbocycles. The summed E-state index contributed by atoms with van der Waals surface area (Å²) < 4.78 is 0. The van der Waals surface area contributed by atoms with Crippen LogP contribution in [-0.2, 0) is 6.54 Å². The highest BCUT2D eigenvalue weighted by Crippen LogP contribution is 2.23. The lowest BCUT2D eigenvalue weighted by molar-refractivity contribution is 0.406. The van der Waals surface area contributed by atoms with Gasteiger partial charge in [-0.1, -0.05) is 41.7 Å².